The maximum absolute atomic E-state index is 12.0. The van der Waals surface area contributed by atoms with Crippen LogP contribution in [0.2, 0.25) is 0 Å². The van der Waals surface area contributed by atoms with Crippen LogP contribution in [-0.2, 0) is 5.41 Å². The Morgan fingerprint density at radius 3 is 2.65 bits per heavy atom. The largest absolute Gasteiger partial charge is 0.497 e. The zero-order valence-electron chi connectivity index (χ0n) is 11.5. The van der Waals surface area contributed by atoms with E-state index >= 15 is 0 Å². The van der Waals surface area contributed by atoms with E-state index < -0.39 is 0 Å². The molecule has 0 saturated heterocycles. The average molecular weight is 272 g/mol. The molecule has 20 heavy (non-hydrogen) atoms. The van der Waals surface area contributed by atoms with E-state index in [0.29, 0.717) is 17.2 Å². The molecule has 0 unspecified atom stereocenters. The van der Waals surface area contributed by atoms with Crippen molar-refractivity contribution in [2.75, 3.05) is 12.4 Å². The summed E-state index contributed by atoms with van der Waals surface area (Å²) in [6.07, 6.45) is 2.23. The first-order chi connectivity index (χ1) is 9.60. The zero-order chi connectivity index (χ0) is 14.2. The zero-order valence-corrected chi connectivity index (χ0v) is 11.5. The maximum Gasteiger partial charge on any atom is 0.258 e. The van der Waals surface area contributed by atoms with E-state index in [2.05, 4.69) is 17.4 Å². The summed E-state index contributed by atoms with van der Waals surface area (Å²) in [7, 11) is 1.59. The molecule has 1 saturated carbocycles. The van der Waals surface area contributed by atoms with Crippen LogP contribution in [0.25, 0.3) is 0 Å². The molecule has 0 atom stereocenters. The van der Waals surface area contributed by atoms with Crippen molar-refractivity contribution in [2.24, 2.45) is 0 Å². The van der Waals surface area contributed by atoms with E-state index in [0.717, 1.165) is 18.5 Å². The van der Waals surface area contributed by atoms with Crippen molar-refractivity contribution in [1.29, 1.82) is 0 Å². The van der Waals surface area contributed by atoms with E-state index in [-0.39, 0.29) is 11.3 Å². The van der Waals surface area contributed by atoms with Crippen LogP contribution >= 0.6 is 0 Å². The molecule has 2 aromatic rings. The molecule has 1 aromatic carbocycles. The van der Waals surface area contributed by atoms with E-state index in [4.69, 9.17) is 9.26 Å². The lowest BCUT2D eigenvalue weighted by atomic mass is 10.1. The second-order valence-electron chi connectivity index (χ2n) is 5.32. The summed E-state index contributed by atoms with van der Waals surface area (Å²) in [5.41, 5.74) is 1.58. The number of carbonyl (C=O) groups is 1. The summed E-state index contributed by atoms with van der Waals surface area (Å²) in [4.78, 5) is 12.0. The number of amides is 1. The highest BCUT2D eigenvalue weighted by atomic mass is 16.5. The molecular formula is C15H16N2O3. The van der Waals surface area contributed by atoms with E-state index in [1.54, 1.807) is 37.4 Å². The Morgan fingerprint density at radius 1 is 1.35 bits per heavy atom. The van der Waals surface area contributed by atoms with Gasteiger partial charge in [0, 0.05) is 17.0 Å². The molecule has 0 bridgehead atoms. The average Bonchev–Trinajstić information content (AvgIpc) is 3.03. The van der Waals surface area contributed by atoms with Crippen LogP contribution in [0.15, 0.2) is 34.9 Å². The van der Waals surface area contributed by atoms with Gasteiger partial charge in [0.15, 0.2) is 0 Å². The number of hydrogen-bond donors (Lipinski definition) is 1. The molecule has 0 spiro atoms. The van der Waals surface area contributed by atoms with Crippen molar-refractivity contribution < 1.29 is 14.1 Å². The second kappa shape index (κ2) is 4.67. The van der Waals surface area contributed by atoms with Gasteiger partial charge in [0.2, 0.25) is 5.88 Å². The Balaban J connectivity index is 1.70. The van der Waals surface area contributed by atoms with Crippen molar-refractivity contribution >= 4 is 11.8 Å². The minimum Gasteiger partial charge on any atom is -0.497 e. The molecule has 3 rings (SSSR count). The Bertz CT molecular complexity index is 627. The van der Waals surface area contributed by atoms with Gasteiger partial charge in [0.05, 0.1) is 12.8 Å². The van der Waals surface area contributed by atoms with Crippen LogP contribution in [0.5, 0.6) is 5.75 Å². The number of aromatic nitrogens is 1. The van der Waals surface area contributed by atoms with Gasteiger partial charge >= 0.3 is 0 Å². The lowest BCUT2D eigenvalue weighted by Gasteiger charge is -2.03. The molecule has 1 amide bonds. The number of nitrogens with one attached hydrogen (secondary N) is 1. The molecule has 1 heterocycles. The summed E-state index contributed by atoms with van der Waals surface area (Å²) in [6, 6.07) is 8.69. The van der Waals surface area contributed by atoms with Gasteiger partial charge in [-0.2, -0.15) is 0 Å². The number of benzene rings is 1. The standard InChI is InChI=1S/C15H16N2O3/c1-15(7-8-15)12-9-13(20-17-12)16-14(18)10-3-5-11(19-2)6-4-10/h3-6,9H,7-8H2,1-2H3,(H,16,18). The van der Waals surface area contributed by atoms with Gasteiger partial charge in [-0.05, 0) is 37.1 Å². The van der Waals surface area contributed by atoms with Gasteiger partial charge < -0.3 is 9.26 Å². The predicted molar refractivity (Wildman–Crippen MR) is 74.0 cm³/mol. The highest BCUT2D eigenvalue weighted by Gasteiger charge is 2.42. The molecule has 1 aliphatic carbocycles. The third kappa shape index (κ3) is 2.39. The summed E-state index contributed by atoms with van der Waals surface area (Å²) < 4.78 is 10.2. The van der Waals surface area contributed by atoms with Crippen LogP contribution < -0.4 is 10.1 Å². The smallest absolute Gasteiger partial charge is 0.258 e. The third-order valence-corrected chi connectivity index (χ3v) is 3.72. The molecule has 1 aliphatic rings. The minimum absolute atomic E-state index is 0.132. The van der Waals surface area contributed by atoms with Gasteiger partial charge in [0.25, 0.3) is 5.91 Å². The van der Waals surface area contributed by atoms with Crippen LogP contribution in [0.3, 0.4) is 0 Å². The number of nitrogens with zero attached hydrogens (tertiary/aromatic N) is 1. The molecular weight excluding hydrogens is 256 g/mol. The van der Waals surface area contributed by atoms with E-state index in [9.17, 15) is 4.79 Å². The van der Waals surface area contributed by atoms with Gasteiger partial charge in [-0.15, -0.1) is 0 Å². The number of carbonyl (C=O) groups excluding carboxylic acids is 1. The normalized spacial score (nSPS) is 15.7. The molecule has 1 N–H and O–H groups in total. The van der Waals surface area contributed by atoms with Crippen molar-refractivity contribution in [3.8, 4) is 5.75 Å². The molecule has 0 radical (unpaired) electrons. The van der Waals surface area contributed by atoms with Crippen LogP contribution in [0.1, 0.15) is 35.8 Å². The summed E-state index contributed by atoms with van der Waals surface area (Å²) in [6.45, 7) is 2.14. The number of hydrogen-bond acceptors (Lipinski definition) is 4. The first kappa shape index (κ1) is 12.7. The topological polar surface area (TPSA) is 64.4 Å². The van der Waals surface area contributed by atoms with Gasteiger partial charge in [-0.3, -0.25) is 10.1 Å². The molecule has 1 fully saturated rings. The van der Waals surface area contributed by atoms with Gasteiger partial charge in [-0.25, -0.2) is 0 Å². The Hall–Kier alpha value is -2.30. The molecule has 1 aromatic heterocycles. The maximum atomic E-state index is 12.0. The second-order valence-corrected chi connectivity index (χ2v) is 5.32. The van der Waals surface area contributed by atoms with Crippen molar-refractivity contribution in [1.82, 2.24) is 5.16 Å². The first-order valence-electron chi connectivity index (χ1n) is 6.53. The highest BCUT2D eigenvalue weighted by molar-refractivity contribution is 6.03. The fourth-order valence-corrected chi connectivity index (χ4v) is 1.99. The molecule has 5 nitrogen and oxygen atoms in total. The van der Waals surface area contributed by atoms with Crippen LogP contribution in [0.4, 0.5) is 5.88 Å². The monoisotopic (exact) mass is 272 g/mol. The molecule has 104 valence electrons. The lowest BCUT2D eigenvalue weighted by Crippen LogP contribution is -2.11. The van der Waals surface area contributed by atoms with Crippen molar-refractivity contribution in [3.05, 3.63) is 41.6 Å². The third-order valence-electron chi connectivity index (χ3n) is 3.72. The van der Waals surface area contributed by atoms with E-state index in [1.807, 2.05) is 0 Å². The van der Waals surface area contributed by atoms with Crippen molar-refractivity contribution in [2.45, 2.75) is 25.2 Å². The number of methoxy groups -OCH3 is 1. The van der Waals surface area contributed by atoms with Gasteiger partial charge in [0.1, 0.15) is 5.75 Å². The number of rotatable bonds is 4. The number of anilines is 1. The number of ether oxygens (including phenoxy) is 1. The van der Waals surface area contributed by atoms with Crippen molar-refractivity contribution in [3.63, 3.8) is 0 Å². The summed E-state index contributed by atoms with van der Waals surface area (Å²) in [5, 5.41) is 6.72. The minimum atomic E-state index is -0.226. The molecule has 0 aliphatic heterocycles. The Morgan fingerprint density at radius 2 is 2.05 bits per heavy atom. The fourth-order valence-electron chi connectivity index (χ4n) is 1.99. The van der Waals surface area contributed by atoms with Gasteiger partial charge in [-0.1, -0.05) is 12.1 Å². The Kier molecular flexibility index (Phi) is 2.97. The van der Waals surface area contributed by atoms with E-state index in [1.165, 1.54) is 0 Å². The summed E-state index contributed by atoms with van der Waals surface area (Å²) >= 11 is 0. The van der Waals surface area contributed by atoms with Crippen LogP contribution in [0, 0.1) is 0 Å². The Labute approximate surface area is 116 Å². The lowest BCUT2D eigenvalue weighted by molar-refractivity contribution is 0.102. The molecule has 5 heteroatoms. The highest BCUT2D eigenvalue weighted by Crippen LogP contribution is 2.47. The first-order valence-corrected chi connectivity index (χ1v) is 6.53. The predicted octanol–water partition coefficient (Wildman–Crippen LogP) is 2.99. The quantitative estimate of drug-likeness (QED) is 0.929. The summed E-state index contributed by atoms with van der Waals surface area (Å²) in [5.74, 6) is 0.871. The fraction of sp³-hybridized carbons (Fsp3) is 0.333. The van der Waals surface area contributed by atoms with Crippen LogP contribution in [-0.4, -0.2) is 18.2 Å². The SMILES string of the molecule is COc1ccc(C(=O)Nc2cc(C3(C)CC3)no2)cc1.